The number of halogens is 2. The molecule has 2 N–H and O–H groups in total. The van der Waals surface area contributed by atoms with Crippen molar-refractivity contribution in [1.29, 1.82) is 0 Å². The molecule has 0 unspecified atom stereocenters. The third kappa shape index (κ3) is 2.88. The summed E-state index contributed by atoms with van der Waals surface area (Å²) in [5.74, 6) is 0.551. The lowest BCUT2D eigenvalue weighted by Crippen LogP contribution is -2.05. The van der Waals surface area contributed by atoms with Crippen LogP contribution in [-0.2, 0) is 6.42 Å². The molecule has 0 spiro atoms. The number of imidazole rings is 1. The van der Waals surface area contributed by atoms with Gasteiger partial charge in [0, 0.05) is 24.8 Å². The van der Waals surface area contributed by atoms with Crippen molar-refractivity contribution in [3.8, 4) is 0 Å². The molecule has 0 aliphatic rings. The molecule has 2 aromatic heterocycles. The summed E-state index contributed by atoms with van der Waals surface area (Å²) in [5.41, 5.74) is 2.40. The third-order valence-corrected chi connectivity index (χ3v) is 3.12. The second-order valence-electron chi connectivity index (χ2n) is 4.39. The predicted molar refractivity (Wildman–Crippen MR) is 77.5 cm³/mol. The summed E-state index contributed by atoms with van der Waals surface area (Å²) in [6, 6.07) is 8.13. The van der Waals surface area contributed by atoms with Crippen LogP contribution in [0.5, 0.6) is 0 Å². The van der Waals surface area contributed by atoms with Gasteiger partial charge in [-0.15, -0.1) is 0 Å². The number of hydrogen-bond acceptors (Lipinski definition) is 3. The second kappa shape index (κ2) is 5.46. The Hall–Kier alpha value is -2.14. The van der Waals surface area contributed by atoms with E-state index in [1.54, 1.807) is 18.3 Å². The summed E-state index contributed by atoms with van der Waals surface area (Å²) in [6.45, 7) is 0.697. The van der Waals surface area contributed by atoms with Gasteiger partial charge in [-0.3, -0.25) is 0 Å². The minimum absolute atomic E-state index is 0.266. The van der Waals surface area contributed by atoms with Crippen LogP contribution >= 0.6 is 11.6 Å². The molecule has 3 rings (SSSR count). The van der Waals surface area contributed by atoms with Crippen LogP contribution in [0.1, 0.15) is 5.82 Å². The maximum atomic E-state index is 13.1. The number of aromatic nitrogens is 3. The molecule has 0 bridgehead atoms. The maximum absolute atomic E-state index is 13.1. The molecule has 3 aromatic rings. The Morgan fingerprint density at radius 2 is 2.15 bits per heavy atom. The Kier molecular flexibility index (Phi) is 3.52. The van der Waals surface area contributed by atoms with Gasteiger partial charge in [-0.25, -0.2) is 14.4 Å². The summed E-state index contributed by atoms with van der Waals surface area (Å²) in [7, 11) is 0. The first-order valence-corrected chi connectivity index (χ1v) is 6.58. The molecule has 0 aliphatic carbocycles. The van der Waals surface area contributed by atoms with Crippen LogP contribution in [0.3, 0.4) is 0 Å². The highest BCUT2D eigenvalue weighted by atomic mass is 35.5. The summed E-state index contributed by atoms with van der Waals surface area (Å²) in [5, 5.41) is 3.68. The van der Waals surface area contributed by atoms with Crippen molar-refractivity contribution in [3.63, 3.8) is 0 Å². The van der Waals surface area contributed by atoms with Crippen molar-refractivity contribution in [2.45, 2.75) is 6.42 Å². The van der Waals surface area contributed by atoms with Crippen molar-refractivity contribution >= 4 is 28.3 Å². The Morgan fingerprint density at radius 1 is 1.25 bits per heavy atom. The average Bonchev–Trinajstić information content (AvgIpc) is 2.80. The summed E-state index contributed by atoms with van der Waals surface area (Å²) in [4.78, 5) is 11.4. The molecule has 0 atom stereocenters. The van der Waals surface area contributed by atoms with Crippen molar-refractivity contribution in [3.05, 3.63) is 53.3 Å². The first-order chi connectivity index (χ1) is 9.70. The molecule has 2 heterocycles. The number of benzene rings is 1. The van der Waals surface area contributed by atoms with E-state index in [1.165, 1.54) is 12.1 Å². The average molecular weight is 291 g/mol. The van der Waals surface area contributed by atoms with Crippen LogP contribution in [-0.4, -0.2) is 21.5 Å². The van der Waals surface area contributed by atoms with Crippen molar-refractivity contribution in [2.75, 3.05) is 11.9 Å². The number of aromatic amines is 1. The zero-order chi connectivity index (χ0) is 13.9. The molecule has 0 saturated heterocycles. The lowest BCUT2D eigenvalue weighted by Gasteiger charge is -2.04. The molecule has 0 amide bonds. The highest BCUT2D eigenvalue weighted by Gasteiger charge is 2.03. The maximum Gasteiger partial charge on any atom is 0.131 e. The monoisotopic (exact) mass is 290 g/mol. The van der Waals surface area contributed by atoms with Gasteiger partial charge in [0.2, 0.25) is 0 Å². The second-order valence-corrected chi connectivity index (χ2v) is 4.78. The first kappa shape index (κ1) is 12.9. The molecular weight excluding hydrogens is 279 g/mol. The number of fused-ring (bicyclic) bond motifs is 1. The van der Waals surface area contributed by atoms with E-state index in [0.717, 1.165) is 17.0 Å². The lowest BCUT2D eigenvalue weighted by atomic mass is 10.3. The predicted octanol–water partition coefficient (Wildman–Crippen LogP) is 3.41. The minimum atomic E-state index is -0.266. The molecule has 20 heavy (non-hydrogen) atoms. The minimum Gasteiger partial charge on any atom is -0.384 e. The number of anilines is 1. The van der Waals surface area contributed by atoms with Gasteiger partial charge in [0.15, 0.2) is 0 Å². The Morgan fingerprint density at radius 3 is 3.00 bits per heavy atom. The number of nitrogens with one attached hydrogen (secondary N) is 2. The first-order valence-electron chi connectivity index (χ1n) is 6.20. The fourth-order valence-electron chi connectivity index (χ4n) is 1.99. The quantitative estimate of drug-likeness (QED) is 0.724. The van der Waals surface area contributed by atoms with Crippen molar-refractivity contribution < 1.29 is 4.39 Å². The van der Waals surface area contributed by atoms with E-state index < -0.39 is 0 Å². The Labute approximate surface area is 120 Å². The summed E-state index contributed by atoms with van der Waals surface area (Å²) in [6.07, 6.45) is 2.35. The molecule has 0 fully saturated rings. The molecule has 0 saturated carbocycles. The zero-order valence-corrected chi connectivity index (χ0v) is 11.3. The van der Waals surface area contributed by atoms with E-state index in [9.17, 15) is 4.39 Å². The van der Waals surface area contributed by atoms with E-state index in [0.29, 0.717) is 23.6 Å². The standard InChI is InChI=1S/C14H12ClFN4/c15-13-8-10(3-5-18-13)17-6-4-14-19-11-2-1-9(16)7-12(11)20-14/h1-3,5,7-8H,4,6H2,(H,17,18)(H,19,20). The number of pyridine rings is 1. The zero-order valence-electron chi connectivity index (χ0n) is 10.5. The van der Waals surface area contributed by atoms with Crippen LogP contribution in [0.25, 0.3) is 11.0 Å². The van der Waals surface area contributed by atoms with E-state index in [2.05, 4.69) is 20.3 Å². The van der Waals surface area contributed by atoms with E-state index in [4.69, 9.17) is 11.6 Å². The Bertz CT molecular complexity index is 741. The SMILES string of the molecule is Fc1ccc2nc(CCNc3ccnc(Cl)c3)[nH]c2c1. The van der Waals surface area contributed by atoms with Crippen molar-refractivity contribution in [2.24, 2.45) is 0 Å². The van der Waals surface area contributed by atoms with Crippen LogP contribution in [0.4, 0.5) is 10.1 Å². The largest absolute Gasteiger partial charge is 0.384 e. The molecule has 0 aliphatic heterocycles. The van der Waals surface area contributed by atoms with Gasteiger partial charge in [-0.1, -0.05) is 11.6 Å². The molecule has 4 nitrogen and oxygen atoms in total. The fourth-order valence-corrected chi connectivity index (χ4v) is 2.16. The fraction of sp³-hybridized carbons (Fsp3) is 0.143. The number of rotatable bonds is 4. The van der Waals surface area contributed by atoms with Crippen LogP contribution in [0, 0.1) is 5.82 Å². The summed E-state index contributed by atoms with van der Waals surface area (Å²) >= 11 is 5.80. The van der Waals surface area contributed by atoms with E-state index in [1.807, 2.05) is 6.07 Å². The molecular formula is C14H12ClFN4. The van der Waals surface area contributed by atoms with Gasteiger partial charge >= 0.3 is 0 Å². The molecule has 1 aromatic carbocycles. The smallest absolute Gasteiger partial charge is 0.131 e. The van der Waals surface area contributed by atoms with E-state index >= 15 is 0 Å². The molecule has 102 valence electrons. The van der Waals surface area contributed by atoms with E-state index in [-0.39, 0.29) is 5.82 Å². The summed E-state index contributed by atoms with van der Waals surface area (Å²) < 4.78 is 13.1. The van der Waals surface area contributed by atoms with Gasteiger partial charge in [0.25, 0.3) is 0 Å². The van der Waals surface area contributed by atoms with Crippen LogP contribution in [0.15, 0.2) is 36.5 Å². The van der Waals surface area contributed by atoms with Crippen molar-refractivity contribution in [1.82, 2.24) is 15.0 Å². The lowest BCUT2D eigenvalue weighted by molar-refractivity contribution is 0.629. The Balaban J connectivity index is 1.65. The van der Waals surface area contributed by atoms with Crippen LogP contribution < -0.4 is 5.32 Å². The van der Waals surface area contributed by atoms with Gasteiger partial charge in [-0.2, -0.15) is 0 Å². The number of hydrogen-bond donors (Lipinski definition) is 2. The normalized spacial score (nSPS) is 10.9. The number of nitrogens with zero attached hydrogens (tertiary/aromatic N) is 2. The molecule has 6 heteroatoms. The highest BCUT2D eigenvalue weighted by Crippen LogP contribution is 2.14. The van der Waals surface area contributed by atoms with Crippen LogP contribution in [0.2, 0.25) is 5.15 Å². The van der Waals surface area contributed by atoms with Gasteiger partial charge in [0.1, 0.15) is 16.8 Å². The van der Waals surface area contributed by atoms with Gasteiger partial charge in [0.05, 0.1) is 11.0 Å². The third-order valence-electron chi connectivity index (χ3n) is 2.91. The molecule has 0 radical (unpaired) electrons. The number of H-pyrrole nitrogens is 1. The highest BCUT2D eigenvalue weighted by molar-refractivity contribution is 6.29. The topological polar surface area (TPSA) is 53.6 Å². The van der Waals surface area contributed by atoms with Gasteiger partial charge in [-0.05, 0) is 30.3 Å². The van der Waals surface area contributed by atoms with Gasteiger partial charge < -0.3 is 10.3 Å².